The number of pyridine rings is 1. The Bertz CT molecular complexity index is 2110. The van der Waals surface area contributed by atoms with Crippen LogP contribution in [0.2, 0.25) is 5.02 Å². The molecule has 1 heterocycles. The molecular formula is C44H42ClF3N2O5. The van der Waals surface area contributed by atoms with Gasteiger partial charge < -0.3 is 14.2 Å². The Balaban J connectivity index is 1.23. The number of methoxy groups -OCH3 is 1. The number of carbonyl (C=O) groups excluding carboxylic acids is 2. The van der Waals surface area contributed by atoms with Crippen molar-refractivity contribution in [1.29, 1.82) is 0 Å². The van der Waals surface area contributed by atoms with Crippen LogP contribution >= 0.6 is 11.6 Å². The average Bonchev–Trinajstić information content (AvgIpc) is 3.20. The summed E-state index contributed by atoms with van der Waals surface area (Å²) in [6.45, 7) is 3.20. The van der Waals surface area contributed by atoms with Gasteiger partial charge in [-0.1, -0.05) is 90.5 Å². The van der Waals surface area contributed by atoms with Crippen LogP contribution < -0.4 is 4.74 Å². The third-order valence-electron chi connectivity index (χ3n) is 9.86. The molecule has 4 aromatic carbocycles. The van der Waals surface area contributed by atoms with Gasteiger partial charge in [-0.05, 0) is 91.1 Å². The van der Waals surface area contributed by atoms with E-state index >= 15 is 0 Å². The molecule has 1 unspecified atom stereocenters. The van der Waals surface area contributed by atoms with E-state index in [4.69, 9.17) is 30.8 Å². The summed E-state index contributed by atoms with van der Waals surface area (Å²) in [6.07, 6.45) is -0.832. The number of para-hydroxylation sites is 1. The highest BCUT2D eigenvalue weighted by Crippen LogP contribution is 2.43. The number of halogens is 4. The number of carbonyl (C=O) groups is 2. The molecule has 1 aliphatic rings. The maximum Gasteiger partial charge on any atom is 0.418 e. The molecule has 5 aromatic rings. The number of hydrogen-bond acceptors (Lipinski definition) is 7. The summed E-state index contributed by atoms with van der Waals surface area (Å²) >= 11 is 6.48. The highest BCUT2D eigenvalue weighted by atomic mass is 35.5. The zero-order valence-electron chi connectivity index (χ0n) is 30.7. The Hall–Kier alpha value is -5.19. The Morgan fingerprint density at radius 1 is 0.855 bits per heavy atom. The van der Waals surface area contributed by atoms with E-state index in [0.29, 0.717) is 48.5 Å². The van der Waals surface area contributed by atoms with Crippen LogP contribution in [-0.4, -0.2) is 48.6 Å². The Morgan fingerprint density at radius 2 is 1.58 bits per heavy atom. The second kappa shape index (κ2) is 18.0. The number of benzene rings is 4. The summed E-state index contributed by atoms with van der Waals surface area (Å²) < 4.78 is 59.4. The largest absolute Gasteiger partial charge is 0.489 e. The van der Waals surface area contributed by atoms with Crippen LogP contribution in [0.3, 0.4) is 0 Å². The highest BCUT2D eigenvalue weighted by molar-refractivity contribution is 6.32. The predicted octanol–water partition coefficient (Wildman–Crippen LogP) is 10.1. The first-order chi connectivity index (χ1) is 26.6. The fourth-order valence-corrected chi connectivity index (χ4v) is 7.42. The number of nitrogens with zero attached hydrogens (tertiary/aromatic N) is 2. The molecule has 11 heteroatoms. The summed E-state index contributed by atoms with van der Waals surface area (Å²) in [5.74, 6) is -0.281. The Kier molecular flexibility index (Phi) is 12.9. The van der Waals surface area contributed by atoms with E-state index in [1.165, 1.54) is 13.2 Å². The molecule has 286 valence electrons. The van der Waals surface area contributed by atoms with Crippen molar-refractivity contribution < 1.29 is 37.0 Å². The van der Waals surface area contributed by atoms with E-state index in [0.717, 1.165) is 41.6 Å². The number of rotatable bonds is 14. The van der Waals surface area contributed by atoms with E-state index in [1.54, 1.807) is 61.5 Å². The van der Waals surface area contributed by atoms with Crippen LogP contribution in [0.5, 0.6) is 5.75 Å². The standard InChI is InChI=1S/C44H42ClF3N2O5/c1-3-54-43(52)37-23-22-35-36(49-37)13-9-14-38(35)50(26-24-29-16-18-32(19-17-29)42(51)53-2)27-25-31-12-7-8-15-39(31)55-28-33-20-21-34(30-10-5-4-6-11-30)40(41(33)45)44(46,47)48/h4-8,10-12,15-23,38H,3,9,13-14,24-28H2,1-2H3. The van der Waals surface area contributed by atoms with Crippen LogP contribution in [0, 0.1) is 0 Å². The van der Waals surface area contributed by atoms with Crippen molar-refractivity contribution >= 4 is 23.5 Å². The fraction of sp³-hybridized carbons (Fsp3) is 0.295. The highest BCUT2D eigenvalue weighted by Gasteiger charge is 2.37. The number of alkyl halides is 3. The van der Waals surface area contributed by atoms with Crippen molar-refractivity contribution in [2.45, 2.75) is 57.9 Å². The predicted molar refractivity (Wildman–Crippen MR) is 205 cm³/mol. The molecule has 0 bridgehead atoms. The van der Waals surface area contributed by atoms with Crippen molar-refractivity contribution in [3.63, 3.8) is 0 Å². The molecular weight excluding hydrogens is 729 g/mol. The van der Waals surface area contributed by atoms with Crippen LogP contribution in [-0.2, 0) is 41.5 Å². The summed E-state index contributed by atoms with van der Waals surface area (Å²) in [5, 5.41) is -0.382. The van der Waals surface area contributed by atoms with Gasteiger partial charge >= 0.3 is 18.1 Å². The zero-order valence-corrected chi connectivity index (χ0v) is 31.5. The lowest BCUT2D eigenvalue weighted by atomic mass is 9.89. The second-order valence-electron chi connectivity index (χ2n) is 13.3. The molecule has 0 amide bonds. The number of ether oxygens (including phenoxy) is 3. The van der Waals surface area contributed by atoms with Crippen LogP contribution in [0.15, 0.2) is 103 Å². The Morgan fingerprint density at radius 3 is 2.31 bits per heavy atom. The maximum atomic E-state index is 14.4. The van der Waals surface area contributed by atoms with Crippen molar-refractivity contribution in [3.05, 3.63) is 153 Å². The second-order valence-corrected chi connectivity index (χ2v) is 13.7. The van der Waals surface area contributed by atoms with Gasteiger partial charge in [0, 0.05) is 30.4 Å². The van der Waals surface area contributed by atoms with Crippen molar-refractivity contribution in [3.8, 4) is 16.9 Å². The van der Waals surface area contributed by atoms with Crippen LogP contribution in [0.1, 0.15) is 80.2 Å². The average molecular weight is 771 g/mol. The molecule has 1 aliphatic carbocycles. The van der Waals surface area contributed by atoms with Gasteiger partial charge in [-0.15, -0.1) is 0 Å². The molecule has 0 spiro atoms. The lowest BCUT2D eigenvalue weighted by molar-refractivity contribution is -0.137. The quantitative estimate of drug-likeness (QED) is 0.104. The van der Waals surface area contributed by atoms with Gasteiger partial charge in [-0.3, -0.25) is 4.90 Å². The fourth-order valence-electron chi connectivity index (χ4n) is 7.09. The van der Waals surface area contributed by atoms with Gasteiger partial charge in [-0.25, -0.2) is 14.6 Å². The van der Waals surface area contributed by atoms with Crippen LogP contribution in [0.25, 0.3) is 11.1 Å². The zero-order chi connectivity index (χ0) is 39.0. The molecule has 1 aromatic heterocycles. The number of hydrogen-bond donors (Lipinski definition) is 0. The smallest absolute Gasteiger partial charge is 0.418 e. The van der Waals surface area contributed by atoms with Gasteiger partial charge in [0.25, 0.3) is 0 Å². The molecule has 6 rings (SSSR count). The lowest BCUT2D eigenvalue weighted by Gasteiger charge is -2.36. The lowest BCUT2D eigenvalue weighted by Crippen LogP contribution is -2.35. The van der Waals surface area contributed by atoms with E-state index in [-0.39, 0.29) is 35.4 Å². The summed E-state index contributed by atoms with van der Waals surface area (Å²) in [5.41, 5.74) is 4.46. The molecule has 0 N–H and O–H groups in total. The molecule has 0 fully saturated rings. The SMILES string of the molecule is CCOC(=O)c1ccc2c(n1)CCCC2N(CCc1ccc(C(=O)OC)cc1)CCc1ccccc1OCc1ccc(-c2ccccc2)c(C(F)(F)F)c1Cl. The summed E-state index contributed by atoms with van der Waals surface area (Å²) in [6, 6.07) is 30.0. The first-order valence-electron chi connectivity index (χ1n) is 18.3. The minimum atomic E-state index is -4.67. The van der Waals surface area contributed by atoms with E-state index in [9.17, 15) is 22.8 Å². The van der Waals surface area contributed by atoms with Gasteiger partial charge in [0.2, 0.25) is 0 Å². The molecule has 0 radical (unpaired) electrons. The number of esters is 2. The molecule has 0 saturated heterocycles. The summed E-state index contributed by atoms with van der Waals surface area (Å²) in [4.78, 5) is 31.6. The van der Waals surface area contributed by atoms with Crippen molar-refractivity contribution in [2.75, 3.05) is 26.8 Å². The first-order valence-corrected chi connectivity index (χ1v) is 18.7. The minimum Gasteiger partial charge on any atom is -0.489 e. The maximum absolute atomic E-state index is 14.4. The molecule has 7 nitrogen and oxygen atoms in total. The molecule has 0 aliphatic heterocycles. The first kappa shape index (κ1) is 39.5. The molecule has 0 saturated carbocycles. The number of aromatic nitrogens is 1. The number of fused-ring (bicyclic) bond motifs is 1. The van der Waals surface area contributed by atoms with Crippen LogP contribution in [0.4, 0.5) is 13.2 Å². The monoisotopic (exact) mass is 770 g/mol. The third-order valence-corrected chi connectivity index (χ3v) is 10.3. The Labute approximate surface area is 324 Å². The number of aryl methyl sites for hydroxylation is 1. The van der Waals surface area contributed by atoms with Crippen molar-refractivity contribution in [2.24, 2.45) is 0 Å². The van der Waals surface area contributed by atoms with Gasteiger partial charge in [0.1, 0.15) is 18.1 Å². The summed E-state index contributed by atoms with van der Waals surface area (Å²) in [7, 11) is 1.35. The molecule has 1 atom stereocenters. The molecule has 55 heavy (non-hydrogen) atoms. The van der Waals surface area contributed by atoms with E-state index < -0.39 is 23.7 Å². The van der Waals surface area contributed by atoms with E-state index in [2.05, 4.69) is 4.90 Å². The third kappa shape index (κ3) is 9.55. The van der Waals surface area contributed by atoms with Gasteiger partial charge in [-0.2, -0.15) is 13.2 Å². The topological polar surface area (TPSA) is 78.0 Å². The normalized spacial score (nSPS) is 14.0. The van der Waals surface area contributed by atoms with E-state index in [1.807, 2.05) is 42.5 Å². The minimum absolute atomic E-state index is 0.0124. The van der Waals surface area contributed by atoms with Gasteiger partial charge in [0.15, 0.2) is 0 Å². The van der Waals surface area contributed by atoms with Crippen molar-refractivity contribution in [1.82, 2.24) is 9.88 Å². The van der Waals surface area contributed by atoms with Gasteiger partial charge in [0.05, 0.1) is 29.9 Å².